The Labute approximate surface area is 240 Å². The Kier molecular flexibility index (Phi) is 7.95. The molecular weight excluding hydrogens is 516 g/mol. The Hall–Kier alpha value is -4.24. The first-order valence-electron chi connectivity index (χ1n) is 14.5. The second-order valence-electron chi connectivity index (χ2n) is 10.9. The van der Waals surface area contributed by atoms with Gasteiger partial charge in [0.05, 0.1) is 18.7 Å². The van der Waals surface area contributed by atoms with Crippen molar-refractivity contribution in [3.63, 3.8) is 0 Å². The van der Waals surface area contributed by atoms with E-state index in [9.17, 15) is 9.59 Å². The molecule has 0 bridgehead atoms. The molecule has 0 spiro atoms. The lowest BCUT2D eigenvalue weighted by atomic mass is 9.78. The molecule has 41 heavy (non-hydrogen) atoms. The van der Waals surface area contributed by atoms with Crippen LogP contribution in [0.5, 0.6) is 0 Å². The van der Waals surface area contributed by atoms with E-state index in [1.165, 1.54) is 0 Å². The lowest BCUT2D eigenvalue weighted by molar-refractivity contribution is -0.149. The third-order valence-corrected chi connectivity index (χ3v) is 8.31. The average molecular weight is 553 g/mol. The van der Waals surface area contributed by atoms with Crippen molar-refractivity contribution >= 4 is 34.2 Å². The summed E-state index contributed by atoms with van der Waals surface area (Å²) >= 11 is 0. The predicted molar refractivity (Wildman–Crippen MR) is 158 cm³/mol. The highest BCUT2D eigenvalue weighted by Gasteiger charge is 2.47. The number of nitrogens with one attached hydrogen (secondary N) is 1. The van der Waals surface area contributed by atoms with Gasteiger partial charge in [-0.15, -0.1) is 5.10 Å². The quantitative estimate of drug-likeness (QED) is 0.343. The Balaban J connectivity index is 1.29. The van der Waals surface area contributed by atoms with Gasteiger partial charge in [-0.25, -0.2) is 4.68 Å². The van der Waals surface area contributed by atoms with Gasteiger partial charge >= 0.3 is 0 Å². The number of ether oxygens (including phenoxy) is 1. The lowest BCUT2D eigenvalue weighted by Crippen LogP contribution is -2.60. The highest BCUT2D eigenvalue weighted by molar-refractivity contribution is 6.00. The average Bonchev–Trinajstić information content (AvgIpc) is 3.44. The molecule has 0 radical (unpaired) electrons. The van der Waals surface area contributed by atoms with Gasteiger partial charge in [-0.3, -0.25) is 9.59 Å². The molecule has 1 N–H and O–H groups in total. The molecule has 9 nitrogen and oxygen atoms in total. The van der Waals surface area contributed by atoms with Crippen LogP contribution >= 0.6 is 0 Å². The first-order chi connectivity index (χ1) is 20.1. The number of para-hydroxylation sites is 1. The molecule has 4 aromatic rings. The number of fused-ring (bicyclic) bond motifs is 1. The zero-order valence-electron chi connectivity index (χ0n) is 23.2. The minimum Gasteiger partial charge on any atom is -0.378 e. The number of amides is 2. The molecule has 2 heterocycles. The number of morpholine rings is 1. The summed E-state index contributed by atoms with van der Waals surface area (Å²) in [5, 5.41) is 11.7. The summed E-state index contributed by atoms with van der Waals surface area (Å²) in [5.41, 5.74) is 3.39. The number of benzene rings is 3. The van der Waals surface area contributed by atoms with Crippen molar-refractivity contribution < 1.29 is 14.3 Å². The van der Waals surface area contributed by atoms with Crippen molar-refractivity contribution in [2.24, 2.45) is 0 Å². The van der Waals surface area contributed by atoms with E-state index in [1.807, 2.05) is 78.9 Å². The van der Waals surface area contributed by atoms with Crippen molar-refractivity contribution in [1.82, 2.24) is 19.9 Å². The normalized spacial score (nSPS) is 16.8. The smallest absolute Gasteiger partial charge is 0.250 e. The molecule has 6 rings (SSSR count). The van der Waals surface area contributed by atoms with Crippen LogP contribution < -0.4 is 10.2 Å². The predicted octanol–water partition coefficient (Wildman–Crippen LogP) is 4.64. The van der Waals surface area contributed by atoms with E-state index in [-0.39, 0.29) is 18.4 Å². The Morgan fingerprint density at radius 1 is 0.878 bits per heavy atom. The largest absolute Gasteiger partial charge is 0.378 e. The first kappa shape index (κ1) is 27.0. The molecule has 212 valence electrons. The minimum absolute atomic E-state index is 0.0105. The van der Waals surface area contributed by atoms with Crippen LogP contribution in [0.25, 0.3) is 11.0 Å². The maximum atomic E-state index is 14.3. The SMILES string of the molecule is O=C(Cn1nnc2ccccc21)N(Cc1ccccc1)C1(C(=O)Nc2ccc(N3CCOCC3)cc2)CCCCC1. The molecule has 1 saturated carbocycles. The third kappa shape index (κ3) is 5.81. The fraction of sp³-hybridized carbons (Fsp3) is 0.375. The van der Waals surface area contributed by atoms with Gasteiger partial charge in [-0.1, -0.05) is 66.9 Å². The summed E-state index contributed by atoms with van der Waals surface area (Å²) in [6, 6.07) is 25.5. The molecule has 2 amide bonds. The van der Waals surface area contributed by atoms with Gasteiger partial charge in [0.1, 0.15) is 17.6 Å². The van der Waals surface area contributed by atoms with Gasteiger partial charge in [0, 0.05) is 31.0 Å². The van der Waals surface area contributed by atoms with E-state index in [0.717, 1.165) is 73.5 Å². The van der Waals surface area contributed by atoms with Crippen molar-refractivity contribution in [2.75, 3.05) is 36.5 Å². The van der Waals surface area contributed by atoms with Gasteiger partial charge in [0.25, 0.3) is 0 Å². The maximum absolute atomic E-state index is 14.3. The van der Waals surface area contributed by atoms with E-state index in [1.54, 1.807) is 9.58 Å². The number of hydrogen-bond donors (Lipinski definition) is 1. The Bertz CT molecular complexity index is 1470. The molecule has 1 aliphatic heterocycles. The summed E-state index contributed by atoms with van der Waals surface area (Å²) in [5.74, 6) is -0.284. The van der Waals surface area contributed by atoms with Gasteiger partial charge in [0.2, 0.25) is 11.8 Å². The van der Waals surface area contributed by atoms with Crippen LogP contribution in [-0.2, 0) is 27.4 Å². The maximum Gasteiger partial charge on any atom is 0.250 e. The van der Waals surface area contributed by atoms with Crippen LogP contribution in [0.2, 0.25) is 0 Å². The number of carbonyl (C=O) groups excluding carboxylic acids is 2. The number of aromatic nitrogens is 3. The van der Waals surface area contributed by atoms with E-state index in [4.69, 9.17) is 4.74 Å². The van der Waals surface area contributed by atoms with Crippen molar-refractivity contribution in [3.05, 3.63) is 84.4 Å². The molecule has 9 heteroatoms. The molecule has 1 aromatic heterocycles. The van der Waals surface area contributed by atoms with Crippen LogP contribution in [0.3, 0.4) is 0 Å². The van der Waals surface area contributed by atoms with E-state index >= 15 is 0 Å². The summed E-state index contributed by atoms with van der Waals surface area (Å²) in [7, 11) is 0. The molecule has 1 saturated heterocycles. The molecule has 2 aliphatic rings. The van der Waals surface area contributed by atoms with Crippen LogP contribution in [0.1, 0.15) is 37.7 Å². The highest BCUT2D eigenvalue weighted by Crippen LogP contribution is 2.37. The van der Waals surface area contributed by atoms with E-state index in [2.05, 4.69) is 20.5 Å². The van der Waals surface area contributed by atoms with Gasteiger partial charge in [0.15, 0.2) is 0 Å². The molecule has 3 aromatic carbocycles. The number of rotatable bonds is 8. The topological polar surface area (TPSA) is 92.6 Å². The molecule has 1 aliphatic carbocycles. The third-order valence-electron chi connectivity index (χ3n) is 8.31. The number of anilines is 2. The number of nitrogens with zero attached hydrogens (tertiary/aromatic N) is 5. The standard InChI is InChI=1S/C32H36N6O3/c39-30(24-38-29-12-6-5-11-28(29)34-35-38)37(23-25-9-3-1-4-10-25)32(17-7-2-8-18-32)31(40)33-26-13-15-27(16-14-26)36-19-21-41-22-20-36/h1,3-6,9-16H,2,7-8,17-24H2,(H,33,40). The number of hydrogen-bond acceptors (Lipinski definition) is 6. The molecule has 0 unspecified atom stereocenters. The zero-order valence-corrected chi connectivity index (χ0v) is 23.2. The number of carbonyl (C=O) groups is 2. The second-order valence-corrected chi connectivity index (χ2v) is 10.9. The van der Waals surface area contributed by atoms with Gasteiger partial charge < -0.3 is 19.9 Å². The van der Waals surface area contributed by atoms with Crippen molar-refractivity contribution in [3.8, 4) is 0 Å². The molecule has 2 fully saturated rings. The summed E-state index contributed by atoms with van der Waals surface area (Å²) < 4.78 is 7.11. The fourth-order valence-electron chi connectivity index (χ4n) is 6.07. The van der Waals surface area contributed by atoms with Crippen molar-refractivity contribution in [1.29, 1.82) is 0 Å². The van der Waals surface area contributed by atoms with Gasteiger partial charge in [-0.2, -0.15) is 0 Å². The van der Waals surface area contributed by atoms with Crippen molar-refractivity contribution in [2.45, 2.75) is 50.7 Å². The zero-order chi connectivity index (χ0) is 28.1. The Morgan fingerprint density at radius 2 is 1.59 bits per heavy atom. The van der Waals surface area contributed by atoms with Crippen LogP contribution in [0.15, 0.2) is 78.9 Å². The summed E-state index contributed by atoms with van der Waals surface area (Å²) in [4.78, 5) is 32.5. The lowest BCUT2D eigenvalue weighted by Gasteiger charge is -2.45. The molecule has 0 atom stereocenters. The van der Waals surface area contributed by atoms with Gasteiger partial charge in [-0.05, 0) is 54.8 Å². The second kappa shape index (κ2) is 12.1. The minimum atomic E-state index is -0.968. The van der Waals surface area contributed by atoms with E-state index in [0.29, 0.717) is 19.4 Å². The fourth-order valence-corrected chi connectivity index (χ4v) is 6.07. The van der Waals surface area contributed by atoms with Crippen LogP contribution in [0, 0.1) is 0 Å². The van der Waals surface area contributed by atoms with E-state index < -0.39 is 5.54 Å². The molecular formula is C32H36N6O3. The Morgan fingerprint density at radius 3 is 2.34 bits per heavy atom. The monoisotopic (exact) mass is 552 g/mol. The first-order valence-corrected chi connectivity index (χ1v) is 14.5. The summed E-state index contributed by atoms with van der Waals surface area (Å²) in [6.45, 7) is 3.50. The van der Waals surface area contributed by atoms with Crippen LogP contribution in [-0.4, -0.2) is 63.6 Å². The summed E-state index contributed by atoms with van der Waals surface area (Å²) in [6.07, 6.45) is 4.04. The van der Waals surface area contributed by atoms with Crippen LogP contribution in [0.4, 0.5) is 11.4 Å². The highest BCUT2D eigenvalue weighted by atomic mass is 16.5.